The fourth-order valence-corrected chi connectivity index (χ4v) is 2.34. The van der Waals surface area contributed by atoms with Gasteiger partial charge >= 0.3 is 0 Å². The second-order valence-electron chi connectivity index (χ2n) is 5.18. The van der Waals surface area contributed by atoms with E-state index in [1.165, 1.54) is 22.3 Å². The van der Waals surface area contributed by atoms with E-state index in [-0.39, 0.29) is 0 Å². The van der Waals surface area contributed by atoms with Crippen molar-refractivity contribution in [2.24, 2.45) is 11.5 Å². The summed E-state index contributed by atoms with van der Waals surface area (Å²) in [5.74, 6) is 0. The van der Waals surface area contributed by atoms with Crippen LogP contribution in [-0.2, 0) is 12.8 Å². The molecule has 0 unspecified atom stereocenters. The Hall–Kier alpha value is -1.64. The van der Waals surface area contributed by atoms with Gasteiger partial charge in [-0.15, -0.1) is 0 Å². The van der Waals surface area contributed by atoms with Crippen LogP contribution in [0.4, 0.5) is 0 Å². The Morgan fingerprint density at radius 3 is 1.20 bits per heavy atom. The predicted octanol–water partition coefficient (Wildman–Crippen LogP) is 3.14. The van der Waals surface area contributed by atoms with Crippen molar-refractivity contribution in [3.8, 4) is 11.1 Å². The Morgan fingerprint density at radius 1 is 0.550 bits per heavy atom. The van der Waals surface area contributed by atoms with Crippen molar-refractivity contribution in [1.29, 1.82) is 0 Å². The third-order valence-corrected chi connectivity index (χ3v) is 3.58. The van der Waals surface area contributed by atoms with Crippen molar-refractivity contribution < 1.29 is 0 Å². The van der Waals surface area contributed by atoms with Crippen molar-refractivity contribution in [2.75, 3.05) is 13.1 Å². The largest absolute Gasteiger partial charge is 0.330 e. The van der Waals surface area contributed by atoms with Gasteiger partial charge in [-0.1, -0.05) is 48.5 Å². The Kier molecular flexibility index (Phi) is 5.78. The first-order valence-electron chi connectivity index (χ1n) is 7.42. The smallest absolute Gasteiger partial charge is 0.00741 e. The molecule has 0 aliphatic heterocycles. The van der Waals surface area contributed by atoms with Crippen LogP contribution in [0.2, 0.25) is 0 Å². The molecule has 0 saturated carbocycles. The molecule has 0 fully saturated rings. The summed E-state index contributed by atoms with van der Waals surface area (Å²) in [5, 5.41) is 0. The van der Waals surface area contributed by atoms with Crippen molar-refractivity contribution in [1.82, 2.24) is 0 Å². The highest BCUT2D eigenvalue weighted by Gasteiger charge is 1.99. The van der Waals surface area contributed by atoms with Gasteiger partial charge in [-0.25, -0.2) is 0 Å². The maximum absolute atomic E-state index is 5.54. The van der Waals surface area contributed by atoms with Gasteiger partial charge in [0.25, 0.3) is 0 Å². The van der Waals surface area contributed by atoms with Gasteiger partial charge < -0.3 is 11.5 Å². The molecule has 0 amide bonds. The molecule has 2 aromatic rings. The first-order chi connectivity index (χ1) is 9.83. The minimum atomic E-state index is 0.756. The molecule has 0 spiro atoms. The normalized spacial score (nSPS) is 10.7. The standard InChI is InChI=1S/C18H24N2/c19-13-1-3-15-5-9-17(10-6-15)18-11-7-16(8-12-18)4-2-14-20/h5-12H,1-4,13-14,19-20H2. The third kappa shape index (κ3) is 4.19. The fraction of sp³-hybridized carbons (Fsp3) is 0.333. The zero-order valence-electron chi connectivity index (χ0n) is 12.0. The van der Waals surface area contributed by atoms with Gasteiger partial charge in [0.05, 0.1) is 0 Å². The molecular weight excluding hydrogens is 244 g/mol. The number of rotatable bonds is 7. The SMILES string of the molecule is NCCCc1ccc(-c2ccc(CCCN)cc2)cc1. The topological polar surface area (TPSA) is 52.0 Å². The maximum atomic E-state index is 5.54. The van der Waals surface area contributed by atoms with Crippen LogP contribution in [0.25, 0.3) is 11.1 Å². The molecule has 0 radical (unpaired) electrons. The van der Waals surface area contributed by atoms with E-state index < -0.39 is 0 Å². The summed E-state index contributed by atoms with van der Waals surface area (Å²) in [4.78, 5) is 0. The second kappa shape index (κ2) is 7.83. The summed E-state index contributed by atoms with van der Waals surface area (Å²) in [6.07, 6.45) is 4.23. The lowest BCUT2D eigenvalue weighted by Gasteiger charge is -2.06. The average molecular weight is 268 g/mol. The first-order valence-corrected chi connectivity index (χ1v) is 7.42. The Morgan fingerprint density at radius 2 is 0.900 bits per heavy atom. The number of hydrogen-bond donors (Lipinski definition) is 2. The minimum Gasteiger partial charge on any atom is -0.330 e. The van der Waals surface area contributed by atoms with Gasteiger partial charge in [-0.05, 0) is 61.0 Å². The molecular formula is C18H24N2. The Balaban J connectivity index is 2.03. The summed E-state index contributed by atoms with van der Waals surface area (Å²) in [6.45, 7) is 1.51. The zero-order valence-corrected chi connectivity index (χ0v) is 12.0. The molecule has 0 aromatic heterocycles. The van der Waals surface area contributed by atoms with Crippen molar-refractivity contribution >= 4 is 0 Å². The van der Waals surface area contributed by atoms with E-state index in [2.05, 4.69) is 48.5 Å². The van der Waals surface area contributed by atoms with Crippen LogP contribution in [0.15, 0.2) is 48.5 Å². The van der Waals surface area contributed by atoms with Gasteiger partial charge in [0, 0.05) is 0 Å². The Bertz CT molecular complexity index is 450. The first kappa shape index (κ1) is 14.8. The molecule has 106 valence electrons. The van der Waals surface area contributed by atoms with Crippen molar-refractivity contribution in [3.63, 3.8) is 0 Å². The summed E-state index contributed by atoms with van der Waals surface area (Å²) in [5.41, 5.74) is 16.3. The van der Waals surface area contributed by atoms with E-state index in [0.29, 0.717) is 0 Å². The summed E-state index contributed by atoms with van der Waals surface area (Å²) in [6, 6.07) is 17.6. The number of benzene rings is 2. The van der Waals surface area contributed by atoms with Crippen LogP contribution in [0.3, 0.4) is 0 Å². The van der Waals surface area contributed by atoms with E-state index in [1.54, 1.807) is 0 Å². The van der Waals surface area contributed by atoms with Gasteiger partial charge in [0.15, 0.2) is 0 Å². The van der Waals surface area contributed by atoms with Gasteiger partial charge in [-0.2, -0.15) is 0 Å². The lowest BCUT2D eigenvalue weighted by atomic mass is 10.00. The molecule has 2 nitrogen and oxygen atoms in total. The highest BCUT2D eigenvalue weighted by atomic mass is 14.5. The highest BCUT2D eigenvalue weighted by Crippen LogP contribution is 2.21. The lowest BCUT2D eigenvalue weighted by Crippen LogP contribution is -2.00. The minimum absolute atomic E-state index is 0.756. The molecule has 20 heavy (non-hydrogen) atoms. The van der Waals surface area contributed by atoms with E-state index in [4.69, 9.17) is 11.5 Å². The lowest BCUT2D eigenvalue weighted by molar-refractivity contribution is 0.832. The van der Waals surface area contributed by atoms with E-state index in [0.717, 1.165) is 38.8 Å². The molecule has 4 N–H and O–H groups in total. The van der Waals surface area contributed by atoms with Crippen LogP contribution in [0, 0.1) is 0 Å². The summed E-state index contributed by atoms with van der Waals surface area (Å²) >= 11 is 0. The van der Waals surface area contributed by atoms with Gasteiger partial charge in [-0.3, -0.25) is 0 Å². The van der Waals surface area contributed by atoms with Crippen molar-refractivity contribution in [2.45, 2.75) is 25.7 Å². The number of nitrogens with two attached hydrogens (primary N) is 2. The number of hydrogen-bond acceptors (Lipinski definition) is 2. The molecule has 2 rings (SSSR count). The van der Waals surface area contributed by atoms with Gasteiger partial charge in [0.2, 0.25) is 0 Å². The van der Waals surface area contributed by atoms with E-state index in [1.807, 2.05) is 0 Å². The predicted molar refractivity (Wildman–Crippen MR) is 86.6 cm³/mol. The molecule has 0 atom stereocenters. The second-order valence-corrected chi connectivity index (χ2v) is 5.18. The highest BCUT2D eigenvalue weighted by molar-refractivity contribution is 5.63. The number of aryl methyl sites for hydroxylation is 2. The van der Waals surface area contributed by atoms with Crippen LogP contribution >= 0.6 is 0 Å². The molecule has 2 aromatic carbocycles. The van der Waals surface area contributed by atoms with Crippen LogP contribution < -0.4 is 11.5 Å². The summed E-state index contributed by atoms with van der Waals surface area (Å²) < 4.78 is 0. The molecule has 0 saturated heterocycles. The average Bonchev–Trinajstić information content (AvgIpc) is 2.52. The Labute approximate surface area is 121 Å². The van der Waals surface area contributed by atoms with Crippen LogP contribution in [0.1, 0.15) is 24.0 Å². The maximum Gasteiger partial charge on any atom is -0.00741 e. The van der Waals surface area contributed by atoms with Crippen molar-refractivity contribution in [3.05, 3.63) is 59.7 Å². The monoisotopic (exact) mass is 268 g/mol. The molecule has 0 bridgehead atoms. The van der Waals surface area contributed by atoms with Crippen LogP contribution in [-0.4, -0.2) is 13.1 Å². The summed E-state index contributed by atoms with van der Waals surface area (Å²) in [7, 11) is 0. The van der Waals surface area contributed by atoms with Gasteiger partial charge in [0.1, 0.15) is 0 Å². The molecule has 0 aliphatic rings. The van der Waals surface area contributed by atoms with E-state index in [9.17, 15) is 0 Å². The van der Waals surface area contributed by atoms with Crippen LogP contribution in [0.5, 0.6) is 0 Å². The zero-order chi connectivity index (χ0) is 14.2. The molecule has 2 heteroatoms. The molecule has 0 heterocycles. The third-order valence-electron chi connectivity index (χ3n) is 3.58. The molecule has 0 aliphatic carbocycles. The quantitative estimate of drug-likeness (QED) is 0.810. The fourth-order valence-electron chi connectivity index (χ4n) is 2.34. The van der Waals surface area contributed by atoms with E-state index >= 15 is 0 Å².